The first-order chi connectivity index (χ1) is 10.1. The van der Waals surface area contributed by atoms with Gasteiger partial charge in [0, 0.05) is 5.56 Å². The van der Waals surface area contributed by atoms with Crippen LogP contribution >= 0.6 is 0 Å². The molecule has 0 heterocycles. The van der Waals surface area contributed by atoms with Crippen LogP contribution in [0.2, 0.25) is 0 Å². The van der Waals surface area contributed by atoms with Gasteiger partial charge in [-0.2, -0.15) is 0 Å². The number of hydrogen-bond donors (Lipinski definition) is 4. The number of ketones is 1. The van der Waals surface area contributed by atoms with Crippen molar-refractivity contribution in [3.8, 4) is 0 Å². The first-order valence-electron chi connectivity index (χ1n) is 6.11. The lowest BCUT2D eigenvalue weighted by molar-refractivity contribution is -0.175. The minimum Gasteiger partial charge on any atom is -0.481 e. The number of rotatable bonds is 7. The zero-order valence-corrected chi connectivity index (χ0v) is 11.5. The fourth-order valence-electron chi connectivity index (χ4n) is 2.07. The highest BCUT2D eigenvalue weighted by molar-refractivity contribution is 6.13. The Morgan fingerprint density at radius 1 is 1.09 bits per heavy atom. The number of carboxylic acid groups (broad SMARTS) is 3. The van der Waals surface area contributed by atoms with Gasteiger partial charge in [-0.05, 0) is 12.5 Å². The number of hydrogen-bond acceptors (Lipinski definition) is 5. The summed E-state index contributed by atoms with van der Waals surface area (Å²) < 4.78 is 0. The smallest absolute Gasteiger partial charge is 0.337 e. The van der Waals surface area contributed by atoms with Crippen LogP contribution in [0.5, 0.6) is 0 Å². The average Bonchev–Trinajstić information content (AvgIpc) is 2.37. The Balaban J connectivity index is 3.42. The van der Waals surface area contributed by atoms with Crippen molar-refractivity contribution in [1.82, 2.24) is 0 Å². The van der Waals surface area contributed by atoms with Crippen molar-refractivity contribution in [3.63, 3.8) is 0 Å². The normalized spacial score (nSPS) is 14.6. The number of carbonyl (C=O) groups is 4. The van der Waals surface area contributed by atoms with Gasteiger partial charge in [-0.3, -0.25) is 14.4 Å². The minimum absolute atomic E-state index is 0.0973. The Hall–Kier alpha value is -2.74. The molecule has 0 saturated carbocycles. The average molecular weight is 310 g/mol. The SMILES string of the molecule is Cc1ccccc1C(=O)C(C(=O)O)C(O)(CC(=O)O)C(=O)O. The summed E-state index contributed by atoms with van der Waals surface area (Å²) >= 11 is 0. The Kier molecular flexibility index (Phi) is 5.00. The quantitative estimate of drug-likeness (QED) is 0.411. The molecule has 2 atom stereocenters. The van der Waals surface area contributed by atoms with E-state index in [1.807, 2.05) is 0 Å². The van der Waals surface area contributed by atoms with Gasteiger partial charge in [-0.25, -0.2) is 4.79 Å². The monoisotopic (exact) mass is 310 g/mol. The number of carbonyl (C=O) groups excluding carboxylic acids is 1. The summed E-state index contributed by atoms with van der Waals surface area (Å²) in [5.41, 5.74) is -2.97. The van der Waals surface area contributed by atoms with Gasteiger partial charge in [0.15, 0.2) is 17.3 Å². The highest BCUT2D eigenvalue weighted by Gasteiger charge is 2.54. The number of aliphatic carboxylic acids is 3. The summed E-state index contributed by atoms with van der Waals surface area (Å²) in [6.07, 6.45) is -1.42. The highest BCUT2D eigenvalue weighted by atomic mass is 16.4. The molecule has 2 unspecified atom stereocenters. The molecule has 22 heavy (non-hydrogen) atoms. The first-order valence-corrected chi connectivity index (χ1v) is 6.11. The number of aliphatic hydroxyl groups is 1. The molecule has 1 rings (SSSR count). The molecule has 0 amide bonds. The summed E-state index contributed by atoms with van der Waals surface area (Å²) in [7, 11) is 0. The molecular weight excluding hydrogens is 296 g/mol. The molecule has 0 aliphatic carbocycles. The Labute approximate surface area is 124 Å². The van der Waals surface area contributed by atoms with Crippen LogP contribution in [0.4, 0.5) is 0 Å². The van der Waals surface area contributed by atoms with Crippen molar-refractivity contribution >= 4 is 23.7 Å². The number of carboxylic acids is 3. The van der Waals surface area contributed by atoms with Crippen molar-refractivity contribution in [2.75, 3.05) is 0 Å². The molecule has 0 bridgehead atoms. The lowest BCUT2D eigenvalue weighted by Gasteiger charge is -2.27. The second-order valence-corrected chi connectivity index (χ2v) is 4.75. The van der Waals surface area contributed by atoms with E-state index in [9.17, 15) is 24.3 Å². The topological polar surface area (TPSA) is 149 Å². The number of benzene rings is 1. The van der Waals surface area contributed by atoms with Crippen molar-refractivity contribution < 1.29 is 39.6 Å². The Morgan fingerprint density at radius 2 is 1.64 bits per heavy atom. The Bertz CT molecular complexity index is 635. The fraction of sp³-hybridized carbons (Fsp3) is 0.286. The number of aryl methyl sites for hydroxylation is 1. The summed E-state index contributed by atoms with van der Waals surface area (Å²) in [6.45, 7) is 1.50. The molecule has 0 spiro atoms. The standard InChI is InChI=1S/C14H14O8/c1-7-4-2-3-5-8(7)11(17)10(12(18)19)14(22,13(20)21)6-9(15)16/h2-5,10,22H,6H2,1H3,(H,15,16)(H,18,19)(H,20,21). The van der Waals surface area contributed by atoms with E-state index in [2.05, 4.69) is 0 Å². The second-order valence-electron chi connectivity index (χ2n) is 4.75. The van der Waals surface area contributed by atoms with Crippen LogP contribution in [-0.2, 0) is 14.4 Å². The van der Waals surface area contributed by atoms with Gasteiger partial charge in [-0.1, -0.05) is 24.3 Å². The zero-order valence-electron chi connectivity index (χ0n) is 11.5. The van der Waals surface area contributed by atoms with Crippen LogP contribution in [0.1, 0.15) is 22.3 Å². The molecule has 4 N–H and O–H groups in total. The molecule has 8 nitrogen and oxygen atoms in total. The van der Waals surface area contributed by atoms with E-state index in [0.29, 0.717) is 5.56 Å². The summed E-state index contributed by atoms with van der Waals surface area (Å²) in [5, 5.41) is 36.9. The van der Waals surface area contributed by atoms with Crippen LogP contribution in [0.3, 0.4) is 0 Å². The van der Waals surface area contributed by atoms with Crippen LogP contribution in [0, 0.1) is 12.8 Å². The lowest BCUT2D eigenvalue weighted by atomic mass is 9.79. The summed E-state index contributed by atoms with van der Waals surface area (Å²) in [6, 6.07) is 5.80. The van der Waals surface area contributed by atoms with Gasteiger partial charge in [0.05, 0.1) is 6.42 Å². The van der Waals surface area contributed by atoms with E-state index in [4.69, 9.17) is 15.3 Å². The van der Waals surface area contributed by atoms with Crippen molar-refractivity contribution in [2.45, 2.75) is 18.9 Å². The van der Waals surface area contributed by atoms with Gasteiger partial charge in [0.2, 0.25) is 0 Å². The van der Waals surface area contributed by atoms with E-state index in [1.54, 1.807) is 6.07 Å². The van der Waals surface area contributed by atoms with E-state index < -0.39 is 41.6 Å². The first kappa shape index (κ1) is 17.3. The predicted octanol–water partition coefficient (Wildman–Crippen LogP) is 0.169. The highest BCUT2D eigenvalue weighted by Crippen LogP contribution is 2.27. The third-order valence-electron chi connectivity index (χ3n) is 3.19. The third-order valence-corrected chi connectivity index (χ3v) is 3.19. The summed E-state index contributed by atoms with van der Waals surface area (Å²) in [4.78, 5) is 45.6. The predicted molar refractivity (Wildman–Crippen MR) is 71.5 cm³/mol. The molecule has 0 aromatic heterocycles. The maximum Gasteiger partial charge on any atom is 0.337 e. The van der Waals surface area contributed by atoms with E-state index >= 15 is 0 Å². The molecular formula is C14H14O8. The second kappa shape index (κ2) is 6.35. The van der Waals surface area contributed by atoms with E-state index in [0.717, 1.165) is 0 Å². The van der Waals surface area contributed by atoms with Gasteiger partial charge in [0.25, 0.3) is 0 Å². The Morgan fingerprint density at radius 3 is 2.05 bits per heavy atom. The van der Waals surface area contributed by atoms with Crippen LogP contribution < -0.4 is 0 Å². The van der Waals surface area contributed by atoms with E-state index in [-0.39, 0.29) is 5.56 Å². The van der Waals surface area contributed by atoms with Crippen molar-refractivity contribution in [2.24, 2.45) is 5.92 Å². The molecule has 0 aliphatic rings. The molecule has 8 heteroatoms. The fourth-order valence-corrected chi connectivity index (χ4v) is 2.07. The van der Waals surface area contributed by atoms with Gasteiger partial charge >= 0.3 is 17.9 Å². The largest absolute Gasteiger partial charge is 0.481 e. The minimum atomic E-state index is -3.25. The molecule has 118 valence electrons. The van der Waals surface area contributed by atoms with Gasteiger partial charge < -0.3 is 20.4 Å². The molecule has 1 aromatic rings. The third kappa shape index (κ3) is 3.29. The molecule has 1 aromatic carbocycles. The van der Waals surface area contributed by atoms with Crippen molar-refractivity contribution in [3.05, 3.63) is 35.4 Å². The number of Topliss-reactive ketones (excluding diaryl/α,β-unsaturated/α-hetero) is 1. The lowest BCUT2D eigenvalue weighted by Crippen LogP contribution is -2.54. The van der Waals surface area contributed by atoms with Crippen LogP contribution in [0.25, 0.3) is 0 Å². The maximum absolute atomic E-state index is 12.3. The maximum atomic E-state index is 12.3. The van der Waals surface area contributed by atoms with Gasteiger partial charge in [0.1, 0.15) is 0 Å². The molecule has 0 aliphatic heterocycles. The van der Waals surface area contributed by atoms with Gasteiger partial charge in [-0.15, -0.1) is 0 Å². The molecule has 0 radical (unpaired) electrons. The van der Waals surface area contributed by atoms with Crippen LogP contribution in [0.15, 0.2) is 24.3 Å². The zero-order chi connectivity index (χ0) is 17.1. The van der Waals surface area contributed by atoms with Crippen LogP contribution in [-0.4, -0.2) is 49.7 Å². The summed E-state index contributed by atoms with van der Waals surface area (Å²) in [5.74, 6) is -9.36. The molecule has 0 saturated heterocycles. The molecule has 0 fully saturated rings. The van der Waals surface area contributed by atoms with E-state index in [1.165, 1.54) is 25.1 Å². The van der Waals surface area contributed by atoms with Crippen molar-refractivity contribution in [1.29, 1.82) is 0 Å².